The van der Waals surface area contributed by atoms with Crippen LogP contribution in [0.3, 0.4) is 0 Å². The first-order valence-electron chi connectivity index (χ1n) is 8.20. The highest BCUT2D eigenvalue weighted by atomic mass is 35.5. The van der Waals surface area contributed by atoms with Gasteiger partial charge in [0.15, 0.2) is 6.10 Å². The molecule has 0 radical (unpaired) electrons. The molecule has 0 unspecified atom stereocenters. The summed E-state index contributed by atoms with van der Waals surface area (Å²) in [6, 6.07) is 10.6. The van der Waals surface area contributed by atoms with Gasteiger partial charge in [-0.1, -0.05) is 23.7 Å². The molecule has 0 aliphatic carbocycles. The summed E-state index contributed by atoms with van der Waals surface area (Å²) in [5, 5.41) is 3.09. The zero-order valence-electron chi connectivity index (χ0n) is 14.5. The van der Waals surface area contributed by atoms with E-state index in [0.29, 0.717) is 23.7 Å². The average Bonchev–Trinajstić information content (AvgIpc) is 2.61. The predicted octanol–water partition coefficient (Wildman–Crippen LogP) is 2.37. The SMILES string of the molecule is CS(=O)(=O)N1C[C@@H](C(=O)NCCc2ccc(F)cc2)Oc2ccc(Cl)cc21. The third-order valence-electron chi connectivity index (χ3n) is 4.11. The van der Waals surface area contributed by atoms with Gasteiger partial charge in [-0.05, 0) is 42.3 Å². The fourth-order valence-corrected chi connectivity index (χ4v) is 3.84. The molecule has 6 nitrogen and oxygen atoms in total. The Morgan fingerprint density at radius 3 is 2.67 bits per heavy atom. The minimum Gasteiger partial charge on any atom is -0.476 e. The Morgan fingerprint density at radius 1 is 1.30 bits per heavy atom. The van der Waals surface area contributed by atoms with Crippen LogP contribution in [0.25, 0.3) is 0 Å². The van der Waals surface area contributed by atoms with Gasteiger partial charge in [-0.25, -0.2) is 12.8 Å². The smallest absolute Gasteiger partial charge is 0.263 e. The number of amides is 1. The van der Waals surface area contributed by atoms with Crippen molar-refractivity contribution in [2.75, 3.05) is 23.7 Å². The van der Waals surface area contributed by atoms with Crippen molar-refractivity contribution in [3.63, 3.8) is 0 Å². The standard InChI is InChI=1S/C18H18ClFN2O4S/c1-27(24,25)22-11-17(26-16-7-4-13(19)10-15(16)22)18(23)21-9-8-12-2-5-14(20)6-3-12/h2-7,10,17H,8-9,11H2,1H3,(H,21,23)/t17-/m0/s1. The molecule has 0 aromatic heterocycles. The fraction of sp³-hybridized carbons (Fsp3) is 0.278. The molecule has 0 saturated carbocycles. The van der Waals surface area contributed by atoms with Crippen molar-refractivity contribution in [2.24, 2.45) is 0 Å². The first-order chi connectivity index (χ1) is 12.7. The normalized spacial score (nSPS) is 16.4. The maximum Gasteiger partial charge on any atom is 0.263 e. The number of anilines is 1. The molecule has 2 aromatic rings. The Morgan fingerprint density at radius 2 is 2.00 bits per heavy atom. The van der Waals surface area contributed by atoms with Crippen molar-refractivity contribution in [1.82, 2.24) is 5.32 Å². The number of nitrogens with zero attached hydrogens (tertiary/aromatic N) is 1. The summed E-state index contributed by atoms with van der Waals surface area (Å²) < 4.78 is 43.9. The largest absolute Gasteiger partial charge is 0.476 e. The number of hydrogen-bond acceptors (Lipinski definition) is 4. The van der Waals surface area contributed by atoms with Gasteiger partial charge in [-0.2, -0.15) is 0 Å². The number of carbonyl (C=O) groups is 1. The maximum absolute atomic E-state index is 12.9. The number of rotatable bonds is 5. The molecule has 1 aliphatic heterocycles. The van der Waals surface area contributed by atoms with Crippen LogP contribution in [-0.4, -0.2) is 39.8 Å². The Labute approximate surface area is 161 Å². The van der Waals surface area contributed by atoms with Crippen LogP contribution in [0.1, 0.15) is 5.56 Å². The maximum atomic E-state index is 12.9. The molecule has 0 spiro atoms. The lowest BCUT2D eigenvalue weighted by atomic mass is 10.1. The van der Waals surface area contributed by atoms with Gasteiger partial charge in [0.05, 0.1) is 18.5 Å². The molecule has 0 fully saturated rings. The molecule has 144 valence electrons. The molecule has 1 aliphatic rings. The Hall–Kier alpha value is -2.32. The Kier molecular flexibility index (Phi) is 5.57. The monoisotopic (exact) mass is 412 g/mol. The van der Waals surface area contributed by atoms with E-state index in [4.69, 9.17) is 16.3 Å². The Bertz CT molecular complexity index is 950. The van der Waals surface area contributed by atoms with Crippen LogP contribution >= 0.6 is 11.6 Å². The van der Waals surface area contributed by atoms with E-state index >= 15 is 0 Å². The first kappa shape index (κ1) is 19.4. The lowest BCUT2D eigenvalue weighted by Crippen LogP contribution is -2.50. The summed E-state index contributed by atoms with van der Waals surface area (Å²) in [7, 11) is -3.61. The van der Waals surface area contributed by atoms with E-state index in [1.165, 1.54) is 24.3 Å². The minimum absolute atomic E-state index is 0.144. The highest BCUT2D eigenvalue weighted by Gasteiger charge is 2.35. The quantitative estimate of drug-likeness (QED) is 0.818. The second kappa shape index (κ2) is 7.74. The number of benzene rings is 2. The molecule has 3 rings (SSSR count). The van der Waals surface area contributed by atoms with E-state index in [9.17, 15) is 17.6 Å². The number of sulfonamides is 1. The minimum atomic E-state index is -3.61. The molecule has 1 amide bonds. The average molecular weight is 413 g/mol. The second-order valence-corrected chi connectivity index (χ2v) is 8.52. The van der Waals surface area contributed by atoms with Crippen LogP contribution in [0, 0.1) is 5.82 Å². The molecule has 0 saturated heterocycles. The molecular weight excluding hydrogens is 395 g/mol. The third-order valence-corrected chi connectivity index (χ3v) is 5.49. The summed E-state index contributed by atoms with van der Waals surface area (Å²) in [6.45, 7) is 0.172. The summed E-state index contributed by atoms with van der Waals surface area (Å²) in [5.74, 6) is -0.473. The third kappa shape index (κ3) is 4.70. The predicted molar refractivity (Wildman–Crippen MR) is 101 cm³/mol. The van der Waals surface area contributed by atoms with Crippen molar-refractivity contribution in [2.45, 2.75) is 12.5 Å². The van der Waals surface area contributed by atoms with Gasteiger partial charge in [0.1, 0.15) is 11.6 Å². The van der Waals surface area contributed by atoms with Crippen molar-refractivity contribution < 1.29 is 22.3 Å². The number of halogens is 2. The van der Waals surface area contributed by atoms with E-state index in [1.54, 1.807) is 18.2 Å². The second-order valence-electron chi connectivity index (χ2n) is 6.18. The number of nitrogens with one attached hydrogen (secondary N) is 1. The molecule has 1 heterocycles. The zero-order chi connectivity index (χ0) is 19.6. The van der Waals surface area contributed by atoms with Gasteiger partial charge < -0.3 is 10.1 Å². The number of ether oxygens (including phenoxy) is 1. The molecule has 1 atom stereocenters. The lowest BCUT2D eigenvalue weighted by Gasteiger charge is -2.34. The van der Waals surface area contributed by atoms with Crippen LogP contribution in [0.15, 0.2) is 42.5 Å². The number of fused-ring (bicyclic) bond motifs is 1. The van der Waals surface area contributed by atoms with Crippen LogP contribution < -0.4 is 14.4 Å². The topological polar surface area (TPSA) is 75.7 Å². The molecule has 1 N–H and O–H groups in total. The highest BCUT2D eigenvalue weighted by Crippen LogP contribution is 2.37. The summed E-state index contributed by atoms with van der Waals surface area (Å²) >= 11 is 5.95. The first-order valence-corrected chi connectivity index (χ1v) is 10.4. The fourth-order valence-electron chi connectivity index (χ4n) is 2.77. The lowest BCUT2D eigenvalue weighted by molar-refractivity contribution is -0.127. The van der Waals surface area contributed by atoms with Crippen LogP contribution in [-0.2, 0) is 21.2 Å². The van der Waals surface area contributed by atoms with Gasteiger partial charge in [0, 0.05) is 11.6 Å². The van der Waals surface area contributed by atoms with Gasteiger partial charge in [-0.15, -0.1) is 0 Å². The molecule has 0 bridgehead atoms. The summed E-state index contributed by atoms with van der Waals surface area (Å²) in [6.07, 6.45) is 0.592. The van der Waals surface area contributed by atoms with Crippen LogP contribution in [0.4, 0.5) is 10.1 Å². The van der Waals surface area contributed by atoms with E-state index < -0.39 is 22.0 Å². The van der Waals surface area contributed by atoms with Crippen LogP contribution in [0.5, 0.6) is 5.75 Å². The number of carbonyl (C=O) groups excluding carboxylic acids is 1. The zero-order valence-corrected chi connectivity index (χ0v) is 16.1. The molecular formula is C18H18ClFN2O4S. The highest BCUT2D eigenvalue weighted by molar-refractivity contribution is 7.92. The van der Waals surface area contributed by atoms with Gasteiger partial charge in [0.2, 0.25) is 10.0 Å². The van der Waals surface area contributed by atoms with Crippen molar-refractivity contribution in [3.8, 4) is 5.75 Å². The van der Waals surface area contributed by atoms with E-state index in [1.807, 2.05) is 0 Å². The van der Waals surface area contributed by atoms with Crippen molar-refractivity contribution >= 4 is 33.2 Å². The molecule has 9 heteroatoms. The van der Waals surface area contributed by atoms with Gasteiger partial charge >= 0.3 is 0 Å². The Balaban J connectivity index is 1.68. The van der Waals surface area contributed by atoms with E-state index in [2.05, 4.69) is 5.32 Å². The molecule has 27 heavy (non-hydrogen) atoms. The van der Waals surface area contributed by atoms with Crippen LogP contribution in [0.2, 0.25) is 5.02 Å². The molecule has 2 aromatic carbocycles. The van der Waals surface area contributed by atoms with E-state index in [-0.39, 0.29) is 18.1 Å². The van der Waals surface area contributed by atoms with Crippen molar-refractivity contribution in [1.29, 1.82) is 0 Å². The van der Waals surface area contributed by atoms with Gasteiger partial charge in [-0.3, -0.25) is 9.10 Å². The number of hydrogen-bond donors (Lipinski definition) is 1. The summed E-state index contributed by atoms with van der Waals surface area (Å²) in [5.41, 5.74) is 1.18. The van der Waals surface area contributed by atoms with Crippen molar-refractivity contribution in [3.05, 3.63) is 58.9 Å². The summed E-state index contributed by atoms with van der Waals surface area (Å²) in [4.78, 5) is 12.4. The van der Waals surface area contributed by atoms with E-state index in [0.717, 1.165) is 16.1 Å². The van der Waals surface area contributed by atoms with Gasteiger partial charge in [0.25, 0.3) is 5.91 Å².